The number of rotatable bonds is 4. The molecule has 0 unspecified atom stereocenters. The van der Waals surface area contributed by atoms with Crippen molar-refractivity contribution in [3.05, 3.63) is 35.5 Å². The van der Waals surface area contributed by atoms with Gasteiger partial charge < -0.3 is 15.4 Å². The monoisotopic (exact) mass is 274 g/mol. The van der Waals surface area contributed by atoms with Crippen LogP contribution in [-0.4, -0.2) is 27.5 Å². The first-order valence-corrected chi connectivity index (χ1v) is 6.41. The lowest BCUT2D eigenvalue weighted by Crippen LogP contribution is -2.50. The number of aliphatic carboxylic acids is 1. The summed E-state index contributed by atoms with van der Waals surface area (Å²) in [7, 11) is 0. The van der Waals surface area contributed by atoms with Crippen molar-refractivity contribution >= 4 is 22.8 Å². The second-order valence-electron chi connectivity index (χ2n) is 5.47. The highest BCUT2D eigenvalue weighted by Gasteiger charge is 2.28. The lowest BCUT2D eigenvalue weighted by atomic mass is 10.0. The number of amides is 1. The van der Waals surface area contributed by atoms with E-state index >= 15 is 0 Å². The van der Waals surface area contributed by atoms with Gasteiger partial charge in [0, 0.05) is 17.1 Å². The Hall–Kier alpha value is -2.30. The zero-order chi connectivity index (χ0) is 14.9. The molecule has 2 rings (SSSR count). The molecule has 5 heteroatoms. The number of H-pyrrole nitrogens is 1. The molecule has 20 heavy (non-hydrogen) atoms. The number of benzene rings is 1. The van der Waals surface area contributed by atoms with Gasteiger partial charge in [0.25, 0.3) is 0 Å². The minimum Gasteiger partial charge on any atom is -0.480 e. The highest BCUT2D eigenvalue weighted by molar-refractivity contribution is 5.92. The summed E-state index contributed by atoms with van der Waals surface area (Å²) >= 11 is 0. The maximum Gasteiger partial charge on any atom is 0.328 e. The smallest absolute Gasteiger partial charge is 0.328 e. The molecule has 0 radical (unpaired) electrons. The SMILES string of the molecule is Cc1cccc2c(CC(=O)NC(C)(C)C(=O)O)c[nH]c12. The quantitative estimate of drug-likeness (QED) is 0.797. The number of aromatic nitrogens is 1. The van der Waals surface area contributed by atoms with Crippen LogP contribution in [0.2, 0.25) is 0 Å². The molecule has 0 aliphatic carbocycles. The normalized spacial score (nSPS) is 11.6. The minimum absolute atomic E-state index is 0.153. The lowest BCUT2D eigenvalue weighted by molar-refractivity contribution is -0.145. The third kappa shape index (κ3) is 2.66. The first-order valence-electron chi connectivity index (χ1n) is 6.41. The van der Waals surface area contributed by atoms with Crippen molar-refractivity contribution in [1.29, 1.82) is 0 Å². The Bertz CT molecular complexity index is 671. The van der Waals surface area contributed by atoms with Crippen molar-refractivity contribution in [1.82, 2.24) is 10.3 Å². The summed E-state index contributed by atoms with van der Waals surface area (Å²) in [5.74, 6) is -1.36. The van der Waals surface area contributed by atoms with E-state index in [1.54, 1.807) is 6.20 Å². The number of hydrogen-bond donors (Lipinski definition) is 3. The Balaban J connectivity index is 2.19. The molecule has 0 fully saturated rings. The van der Waals surface area contributed by atoms with Gasteiger partial charge in [0.2, 0.25) is 5.91 Å². The van der Waals surface area contributed by atoms with Crippen LogP contribution < -0.4 is 5.32 Å². The van der Waals surface area contributed by atoms with E-state index in [1.165, 1.54) is 13.8 Å². The van der Waals surface area contributed by atoms with Crippen molar-refractivity contribution in [2.75, 3.05) is 0 Å². The number of aryl methyl sites for hydroxylation is 1. The van der Waals surface area contributed by atoms with E-state index in [4.69, 9.17) is 5.11 Å². The topological polar surface area (TPSA) is 82.2 Å². The molecule has 0 aliphatic rings. The fraction of sp³-hybridized carbons (Fsp3) is 0.333. The number of hydrogen-bond acceptors (Lipinski definition) is 2. The van der Waals surface area contributed by atoms with Gasteiger partial charge in [-0.05, 0) is 31.9 Å². The Morgan fingerprint density at radius 1 is 1.35 bits per heavy atom. The van der Waals surface area contributed by atoms with Gasteiger partial charge in [-0.15, -0.1) is 0 Å². The van der Waals surface area contributed by atoms with Gasteiger partial charge in [-0.3, -0.25) is 4.79 Å². The number of carboxylic acids is 1. The van der Waals surface area contributed by atoms with Crippen LogP contribution in [0, 0.1) is 6.92 Å². The summed E-state index contributed by atoms with van der Waals surface area (Å²) in [6, 6.07) is 5.88. The van der Waals surface area contributed by atoms with Gasteiger partial charge in [-0.25, -0.2) is 4.79 Å². The van der Waals surface area contributed by atoms with E-state index in [1.807, 2.05) is 25.1 Å². The van der Waals surface area contributed by atoms with Gasteiger partial charge in [-0.2, -0.15) is 0 Å². The summed E-state index contributed by atoms with van der Waals surface area (Å²) in [6.45, 7) is 4.93. The second kappa shape index (κ2) is 5.00. The first-order chi connectivity index (χ1) is 9.31. The molecule has 2 aromatic rings. The van der Waals surface area contributed by atoms with Gasteiger partial charge in [0.15, 0.2) is 0 Å². The van der Waals surface area contributed by atoms with Crippen molar-refractivity contribution in [2.24, 2.45) is 0 Å². The van der Waals surface area contributed by atoms with Gasteiger partial charge >= 0.3 is 5.97 Å². The van der Waals surface area contributed by atoms with Crippen LogP contribution in [0.25, 0.3) is 10.9 Å². The Kier molecular flexibility index (Phi) is 3.53. The van der Waals surface area contributed by atoms with Crippen LogP contribution in [0.3, 0.4) is 0 Å². The molecule has 1 amide bonds. The predicted octanol–water partition coefficient (Wildman–Crippen LogP) is 2.00. The summed E-state index contributed by atoms with van der Waals surface area (Å²) < 4.78 is 0. The molecule has 0 aliphatic heterocycles. The highest BCUT2D eigenvalue weighted by atomic mass is 16.4. The maximum absolute atomic E-state index is 12.0. The number of carbonyl (C=O) groups is 2. The number of para-hydroxylation sites is 1. The minimum atomic E-state index is -1.26. The zero-order valence-electron chi connectivity index (χ0n) is 11.8. The Morgan fingerprint density at radius 3 is 2.70 bits per heavy atom. The zero-order valence-corrected chi connectivity index (χ0v) is 11.8. The van der Waals surface area contributed by atoms with E-state index < -0.39 is 11.5 Å². The molecule has 0 saturated carbocycles. The van der Waals surface area contributed by atoms with E-state index in [0.29, 0.717) is 0 Å². The maximum atomic E-state index is 12.0. The molecular weight excluding hydrogens is 256 g/mol. The molecule has 106 valence electrons. The molecule has 0 spiro atoms. The molecule has 0 bridgehead atoms. The Labute approximate surface area is 117 Å². The first kappa shape index (κ1) is 14.1. The van der Waals surface area contributed by atoms with E-state index in [0.717, 1.165) is 22.0 Å². The number of fused-ring (bicyclic) bond motifs is 1. The largest absolute Gasteiger partial charge is 0.480 e. The molecule has 1 heterocycles. The summed E-state index contributed by atoms with van der Waals surface area (Å²) in [6.07, 6.45) is 1.95. The van der Waals surface area contributed by atoms with Gasteiger partial charge in [0.1, 0.15) is 5.54 Å². The molecular formula is C15H18N2O3. The van der Waals surface area contributed by atoms with E-state index in [-0.39, 0.29) is 12.3 Å². The average Bonchev–Trinajstić information content (AvgIpc) is 2.73. The van der Waals surface area contributed by atoms with Crippen molar-refractivity contribution in [2.45, 2.75) is 32.7 Å². The highest BCUT2D eigenvalue weighted by Crippen LogP contribution is 2.21. The standard InChI is InChI=1S/C15H18N2O3/c1-9-5-4-6-11-10(8-16-13(9)11)7-12(18)17-15(2,3)14(19)20/h4-6,8,16H,7H2,1-3H3,(H,17,18)(H,19,20). The van der Waals surface area contributed by atoms with Crippen LogP contribution in [0.1, 0.15) is 25.0 Å². The van der Waals surface area contributed by atoms with Crippen molar-refractivity contribution in [3.63, 3.8) is 0 Å². The van der Waals surface area contributed by atoms with Crippen molar-refractivity contribution < 1.29 is 14.7 Å². The van der Waals surface area contributed by atoms with Crippen LogP contribution in [0.5, 0.6) is 0 Å². The van der Waals surface area contributed by atoms with Crippen LogP contribution in [0.4, 0.5) is 0 Å². The van der Waals surface area contributed by atoms with Gasteiger partial charge in [-0.1, -0.05) is 18.2 Å². The third-order valence-corrected chi connectivity index (χ3v) is 3.35. The molecule has 5 nitrogen and oxygen atoms in total. The Morgan fingerprint density at radius 2 is 2.05 bits per heavy atom. The molecule has 1 aromatic heterocycles. The fourth-order valence-electron chi connectivity index (χ4n) is 2.13. The van der Waals surface area contributed by atoms with Crippen molar-refractivity contribution in [3.8, 4) is 0 Å². The van der Waals surface area contributed by atoms with E-state index in [9.17, 15) is 9.59 Å². The predicted molar refractivity (Wildman–Crippen MR) is 76.6 cm³/mol. The number of carbonyl (C=O) groups excluding carboxylic acids is 1. The molecule has 1 aromatic carbocycles. The fourth-order valence-corrected chi connectivity index (χ4v) is 2.13. The number of aromatic amines is 1. The van der Waals surface area contributed by atoms with Crippen LogP contribution in [-0.2, 0) is 16.0 Å². The summed E-state index contributed by atoms with van der Waals surface area (Å²) in [5, 5.41) is 12.5. The van der Waals surface area contributed by atoms with Crippen LogP contribution >= 0.6 is 0 Å². The molecule has 3 N–H and O–H groups in total. The molecule has 0 saturated heterocycles. The number of nitrogens with one attached hydrogen (secondary N) is 2. The number of carboxylic acid groups (broad SMARTS) is 1. The summed E-state index contributed by atoms with van der Waals surface area (Å²) in [5.41, 5.74) is 1.72. The third-order valence-electron chi connectivity index (χ3n) is 3.35. The average molecular weight is 274 g/mol. The van der Waals surface area contributed by atoms with E-state index in [2.05, 4.69) is 10.3 Å². The summed E-state index contributed by atoms with van der Waals surface area (Å²) in [4.78, 5) is 26.1. The van der Waals surface area contributed by atoms with Gasteiger partial charge in [0.05, 0.1) is 6.42 Å². The lowest BCUT2D eigenvalue weighted by Gasteiger charge is -2.20. The molecule has 0 atom stereocenters. The second-order valence-corrected chi connectivity index (χ2v) is 5.47. The van der Waals surface area contributed by atoms with Crippen LogP contribution in [0.15, 0.2) is 24.4 Å².